The molecule has 0 N–H and O–H groups in total. The van der Waals surface area contributed by atoms with Crippen LogP contribution in [-0.2, 0) is 4.74 Å². The Hall–Kier alpha value is -1.13. The predicted molar refractivity (Wildman–Crippen MR) is 97.9 cm³/mol. The van der Waals surface area contributed by atoms with Gasteiger partial charge in [0.2, 0.25) is 8.07 Å². The molecule has 24 heavy (non-hydrogen) atoms. The van der Waals surface area contributed by atoms with E-state index < -0.39 is 8.07 Å². The summed E-state index contributed by atoms with van der Waals surface area (Å²) >= 11 is 6.11. The van der Waals surface area contributed by atoms with Gasteiger partial charge in [-0.3, -0.25) is 0 Å². The highest BCUT2D eigenvalue weighted by Gasteiger charge is 2.53. The van der Waals surface area contributed by atoms with Crippen LogP contribution in [0.3, 0.4) is 0 Å². The largest absolute Gasteiger partial charge is 1.00 e. The van der Waals surface area contributed by atoms with Crippen molar-refractivity contribution in [1.82, 2.24) is 0 Å². The van der Waals surface area contributed by atoms with E-state index in [0.717, 1.165) is 11.6 Å². The fourth-order valence-electron chi connectivity index (χ4n) is 3.80. The Kier molecular flexibility index (Phi) is 4.41. The second-order valence-corrected chi connectivity index (χ2v) is 11.5. The first-order valence-corrected chi connectivity index (χ1v) is 11.0. The second-order valence-electron chi connectivity index (χ2n) is 7.31. The molecular formula is C19H21Cl2NOSi. The van der Waals surface area contributed by atoms with E-state index >= 15 is 0 Å². The fraction of sp³-hybridized carbons (Fsp3) is 0.316. The van der Waals surface area contributed by atoms with Gasteiger partial charge in [0.25, 0.3) is 6.23 Å². The monoisotopic (exact) mass is 377 g/mol. The third-order valence-electron chi connectivity index (χ3n) is 5.17. The van der Waals surface area contributed by atoms with Crippen molar-refractivity contribution in [2.45, 2.75) is 32.2 Å². The standard InChI is InChI=1S/C19H21ClNOSi.ClH/c1-19(2)12-22-18-16-6-4-5-7-17(16)23(3,13-21(18)19)15-10-8-14(20)9-11-15;/h4-11,13,18H,12H2,1-3H3;1H/q+1;/p-1. The van der Waals surface area contributed by atoms with E-state index in [4.69, 9.17) is 16.3 Å². The maximum atomic E-state index is 6.14. The molecule has 126 valence electrons. The van der Waals surface area contributed by atoms with Crippen LogP contribution in [0.2, 0.25) is 11.6 Å². The minimum absolute atomic E-state index is 0. The van der Waals surface area contributed by atoms with E-state index in [9.17, 15) is 0 Å². The minimum Gasteiger partial charge on any atom is -1.00 e. The van der Waals surface area contributed by atoms with Crippen LogP contribution in [0.5, 0.6) is 0 Å². The molecule has 0 spiro atoms. The Morgan fingerprint density at radius 2 is 1.79 bits per heavy atom. The smallest absolute Gasteiger partial charge is 0.284 e. The summed E-state index contributed by atoms with van der Waals surface area (Å²) in [5, 5.41) is 3.62. The zero-order valence-corrected chi connectivity index (χ0v) is 16.6. The molecule has 0 saturated carbocycles. The van der Waals surface area contributed by atoms with E-state index in [1.54, 1.807) is 0 Å². The summed E-state index contributed by atoms with van der Waals surface area (Å²) < 4.78 is 8.58. The van der Waals surface area contributed by atoms with E-state index in [2.05, 4.69) is 67.2 Å². The molecule has 0 radical (unpaired) electrons. The van der Waals surface area contributed by atoms with E-state index in [1.165, 1.54) is 15.9 Å². The zero-order valence-electron chi connectivity index (χ0n) is 14.1. The van der Waals surface area contributed by atoms with Crippen molar-refractivity contribution in [3.63, 3.8) is 0 Å². The van der Waals surface area contributed by atoms with Crippen LogP contribution >= 0.6 is 11.6 Å². The third-order valence-corrected chi connectivity index (χ3v) is 9.33. The average molecular weight is 378 g/mol. The van der Waals surface area contributed by atoms with Crippen molar-refractivity contribution in [2.24, 2.45) is 0 Å². The number of fused-ring (bicyclic) bond motifs is 3. The van der Waals surface area contributed by atoms with Crippen LogP contribution in [0, 0.1) is 0 Å². The zero-order chi connectivity index (χ0) is 16.2. The first kappa shape index (κ1) is 17.7. The van der Waals surface area contributed by atoms with Gasteiger partial charge in [-0.1, -0.05) is 48.5 Å². The van der Waals surface area contributed by atoms with Gasteiger partial charge in [0.05, 0.1) is 0 Å². The van der Waals surface area contributed by atoms with E-state index in [0.29, 0.717) is 0 Å². The lowest BCUT2D eigenvalue weighted by Crippen LogP contribution is -3.00. The average Bonchev–Trinajstić information content (AvgIpc) is 2.83. The number of nitrogens with zero attached hydrogens (tertiary/aromatic N) is 1. The Morgan fingerprint density at radius 1 is 1.12 bits per heavy atom. The number of halogens is 2. The molecule has 4 rings (SSSR count). The summed E-state index contributed by atoms with van der Waals surface area (Å²) in [6.45, 7) is 7.69. The van der Waals surface area contributed by atoms with Crippen LogP contribution in [0.1, 0.15) is 25.6 Å². The predicted octanol–water partition coefficient (Wildman–Crippen LogP) is -0.0197. The van der Waals surface area contributed by atoms with Gasteiger partial charge in [-0.2, -0.15) is 0 Å². The SMILES string of the molecule is CC1(C)COC2c3ccccc3[Si](C)(c3ccc(Cl)cc3)C=[N+]21.[Cl-]. The summed E-state index contributed by atoms with van der Waals surface area (Å²) in [6, 6.07) is 17.1. The number of hydrogen-bond acceptors (Lipinski definition) is 1. The molecule has 2 unspecified atom stereocenters. The van der Waals surface area contributed by atoms with Crippen LogP contribution in [0.25, 0.3) is 0 Å². The molecule has 2 aliphatic heterocycles. The molecule has 2 aromatic rings. The Balaban J connectivity index is 0.00000169. The molecule has 0 bridgehead atoms. The van der Waals surface area contributed by atoms with Crippen molar-refractivity contribution in [1.29, 1.82) is 0 Å². The Morgan fingerprint density at radius 3 is 2.50 bits per heavy atom. The molecule has 2 aliphatic rings. The number of hydrogen-bond donors (Lipinski definition) is 0. The Bertz CT molecular complexity index is 803. The number of ether oxygens (including phenoxy) is 1. The van der Waals surface area contributed by atoms with E-state index in [1.807, 2.05) is 12.1 Å². The molecule has 0 aromatic heterocycles. The minimum atomic E-state index is -1.97. The lowest BCUT2D eigenvalue weighted by molar-refractivity contribution is -0.628. The van der Waals surface area contributed by atoms with E-state index in [-0.39, 0.29) is 24.2 Å². The van der Waals surface area contributed by atoms with Crippen LogP contribution < -0.4 is 22.8 Å². The van der Waals surface area contributed by atoms with Crippen LogP contribution in [0.15, 0.2) is 48.5 Å². The first-order valence-electron chi connectivity index (χ1n) is 8.03. The van der Waals surface area contributed by atoms with Crippen molar-refractivity contribution >= 4 is 35.9 Å². The second kappa shape index (κ2) is 5.99. The summed E-state index contributed by atoms with van der Waals surface area (Å²) in [7, 11) is -1.97. The molecule has 2 nitrogen and oxygen atoms in total. The van der Waals surface area contributed by atoms with Crippen molar-refractivity contribution in [3.8, 4) is 0 Å². The molecular weight excluding hydrogens is 357 g/mol. The summed E-state index contributed by atoms with van der Waals surface area (Å²) in [6.07, 6.45) is 0.0501. The van der Waals surface area contributed by atoms with Gasteiger partial charge in [0.1, 0.15) is 12.4 Å². The molecule has 1 fully saturated rings. The normalized spacial score (nSPS) is 26.8. The van der Waals surface area contributed by atoms with Gasteiger partial charge in [-0.25, -0.2) is 4.58 Å². The molecule has 1 saturated heterocycles. The highest BCUT2D eigenvalue weighted by Crippen LogP contribution is 2.35. The third kappa shape index (κ3) is 2.55. The van der Waals surface area contributed by atoms with Gasteiger partial charge in [0.15, 0.2) is 5.54 Å². The van der Waals surface area contributed by atoms with Gasteiger partial charge in [0, 0.05) is 24.4 Å². The fourth-order valence-corrected chi connectivity index (χ4v) is 7.67. The summed E-state index contributed by atoms with van der Waals surface area (Å²) in [5.41, 5.74) is 1.35. The molecule has 2 atom stereocenters. The highest BCUT2D eigenvalue weighted by atomic mass is 35.5. The molecule has 2 aromatic carbocycles. The molecule has 5 heteroatoms. The lowest BCUT2D eigenvalue weighted by atomic mass is 10.1. The molecule has 2 heterocycles. The van der Waals surface area contributed by atoms with Crippen molar-refractivity contribution in [3.05, 3.63) is 59.1 Å². The first-order chi connectivity index (χ1) is 10.9. The maximum Gasteiger partial charge on any atom is 0.284 e. The van der Waals surface area contributed by atoms with Crippen LogP contribution in [-0.4, -0.2) is 30.6 Å². The maximum absolute atomic E-state index is 6.14. The van der Waals surface area contributed by atoms with Gasteiger partial charge >= 0.3 is 0 Å². The molecule has 0 amide bonds. The number of rotatable bonds is 1. The highest BCUT2D eigenvalue weighted by molar-refractivity contribution is 7.18. The number of benzene rings is 2. The quantitative estimate of drug-likeness (QED) is 0.502. The summed E-state index contributed by atoms with van der Waals surface area (Å²) in [4.78, 5) is 0. The van der Waals surface area contributed by atoms with Gasteiger partial charge in [-0.05, 0) is 28.6 Å². The van der Waals surface area contributed by atoms with Crippen LogP contribution in [0.4, 0.5) is 0 Å². The Labute approximate surface area is 155 Å². The summed E-state index contributed by atoms with van der Waals surface area (Å²) in [5.74, 6) is 2.48. The molecule has 0 aliphatic carbocycles. The lowest BCUT2D eigenvalue weighted by Gasteiger charge is -2.31. The van der Waals surface area contributed by atoms with Crippen molar-refractivity contribution in [2.75, 3.05) is 6.61 Å². The van der Waals surface area contributed by atoms with Crippen molar-refractivity contribution < 1.29 is 21.7 Å². The van der Waals surface area contributed by atoms with Gasteiger partial charge < -0.3 is 17.1 Å². The van der Waals surface area contributed by atoms with Gasteiger partial charge in [-0.15, -0.1) is 0 Å². The topological polar surface area (TPSA) is 12.2 Å².